The predicted octanol–water partition coefficient (Wildman–Crippen LogP) is 2.77. The molecule has 1 aromatic heterocycles. The van der Waals surface area contributed by atoms with E-state index >= 15 is 0 Å². The minimum atomic E-state index is -0.358. The van der Waals surface area contributed by atoms with Gasteiger partial charge in [-0.3, -0.25) is 14.5 Å². The van der Waals surface area contributed by atoms with E-state index in [1.165, 1.54) is 5.56 Å². The number of piperazine rings is 1. The molecule has 0 spiro atoms. The fourth-order valence-corrected chi connectivity index (χ4v) is 3.72. The van der Waals surface area contributed by atoms with Crippen molar-refractivity contribution in [3.05, 3.63) is 70.6 Å². The first-order valence-corrected chi connectivity index (χ1v) is 10.8. The molecule has 9 heteroatoms. The number of hydrogen-bond acceptors (Lipinski definition) is 6. The molecule has 8 nitrogen and oxygen atoms in total. The van der Waals surface area contributed by atoms with Gasteiger partial charge in [-0.15, -0.1) is 0 Å². The summed E-state index contributed by atoms with van der Waals surface area (Å²) >= 11 is 6.03. The third-order valence-corrected chi connectivity index (χ3v) is 5.71. The van der Waals surface area contributed by atoms with Crippen molar-refractivity contribution in [1.29, 1.82) is 0 Å². The van der Waals surface area contributed by atoms with Crippen LogP contribution in [-0.4, -0.2) is 64.5 Å². The molecule has 1 aliphatic heterocycles. The molecule has 2 heterocycles. The molecule has 2 amide bonds. The lowest BCUT2D eigenvalue weighted by molar-refractivity contribution is -0.131. The van der Waals surface area contributed by atoms with Crippen molar-refractivity contribution in [1.82, 2.24) is 25.3 Å². The van der Waals surface area contributed by atoms with E-state index in [9.17, 15) is 9.59 Å². The number of benzene rings is 2. The van der Waals surface area contributed by atoms with Crippen molar-refractivity contribution in [2.45, 2.75) is 13.5 Å². The molecule has 166 valence electrons. The zero-order valence-electron chi connectivity index (χ0n) is 17.8. The molecule has 0 bridgehead atoms. The number of hydrogen-bond donors (Lipinski definition) is 1. The van der Waals surface area contributed by atoms with Crippen LogP contribution >= 0.6 is 11.6 Å². The van der Waals surface area contributed by atoms with Crippen LogP contribution in [0.2, 0.25) is 5.02 Å². The first kappa shape index (κ1) is 22.0. The van der Waals surface area contributed by atoms with Crippen LogP contribution in [-0.2, 0) is 11.3 Å². The predicted molar refractivity (Wildman–Crippen MR) is 120 cm³/mol. The Hall–Kier alpha value is -3.23. The minimum Gasteiger partial charge on any atom is -0.343 e. The number of carbonyl (C=O) groups is 2. The number of halogens is 1. The Bertz CT molecular complexity index is 1090. The molecular weight excluding hydrogens is 430 g/mol. The van der Waals surface area contributed by atoms with E-state index in [1.54, 1.807) is 29.2 Å². The maximum atomic E-state index is 12.5. The van der Waals surface area contributed by atoms with Gasteiger partial charge >= 0.3 is 0 Å². The summed E-state index contributed by atoms with van der Waals surface area (Å²) in [7, 11) is 0. The lowest BCUT2D eigenvalue weighted by Gasteiger charge is -2.34. The zero-order chi connectivity index (χ0) is 22.5. The van der Waals surface area contributed by atoms with Crippen LogP contribution < -0.4 is 5.32 Å². The Balaban J connectivity index is 1.23. The molecule has 1 aliphatic rings. The Morgan fingerprint density at radius 1 is 1.06 bits per heavy atom. The second-order valence-electron chi connectivity index (χ2n) is 7.70. The molecule has 3 aromatic rings. The van der Waals surface area contributed by atoms with Gasteiger partial charge in [-0.1, -0.05) is 58.7 Å². The topological polar surface area (TPSA) is 91.6 Å². The van der Waals surface area contributed by atoms with Crippen LogP contribution in [0.5, 0.6) is 0 Å². The maximum Gasteiger partial charge on any atom is 0.253 e. The van der Waals surface area contributed by atoms with E-state index in [1.807, 2.05) is 31.2 Å². The van der Waals surface area contributed by atoms with Crippen molar-refractivity contribution in [3.8, 4) is 11.4 Å². The molecule has 1 N–H and O–H groups in total. The highest BCUT2D eigenvalue weighted by atomic mass is 35.5. The maximum absolute atomic E-state index is 12.5. The number of nitrogens with zero attached hydrogens (tertiary/aromatic N) is 4. The monoisotopic (exact) mass is 453 g/mol. The average molecular weight is 454 g/mol. The van der Waals surface area contributed by atoms with Gasteiger partial charge in [0.05, 0.1) is 23.7 Å². The summed E-state index contributed by atoms with van der Waals surface area (Å²) in [6.07, 6.45) is 0. The molecule has 0 aliphatic carbocycles. The standard InChI is InChI=1S/C23H24ClN5O3/c1-16-6-8-17(9-7-16)22-26-20(32-27-22)15-28-10-12-29(13-11-28)21(30)14-25-23(31)18-4-2-3-5-19(18)24/h2-9H,10-15H2,1H3,(H,25,31). The van der Waals surface area contributed by atoms with Crippen LogP contribution in [0.15, 0.2) is 53.1 Å². The van der Waals surface area contributed by atoms with Gasteiger partial charge in [-0.2, -0.15) is 4.98 Å². The molecule has 1 fully saturated rings. The summed E-state index contributed by atoms with van der Waals surface area (Å²) in [5.41, 5.74) is 2.45. The van der Waals surface area contributed by atoms with Gasteiger partial charge in [0, 0.05) is 31.7 Å². The fourth-order valence-electron chi connectivity index (χ4n) is 3.49. The minimum absolute atomic E-state index is 0.0619. The van der Waals surface area contributed by atoms with E-state index in [0.717, 1.165) is 5.56 Å². The quantitative estimate of drug-likeness (QED) is 0.617. The Kier molecular flexibility index (Phi) is 6.82. The summed E-state index contributed by atoms with van der Waals surface area (Å²) < 4.78 is 5.40. The van der Waals surface area contributed by atoms with Gasteiger partial charge in [-0.05, 0) is 19.1 Å². The number of rotatable bonds is 6. The van der Waals surface area contributed by atoms with Gasteiger partial charge in [0.1, 0.15) is 0 Å². The summed E-state index contributed by atoms with van der Waals surface area (Å²) in [6, 6.07) is 14.7. The highest BCUT2D eigenvalue weighted by molar-refractivity contribution is 6.33. The molecule has 0 unspecified atom stereocenters. The van der Waals surface area contributed by atoms with Crippen LogP contribution in [0, 0.1) is 6.92 Å². The van der Waals surface area contributed by atoms with Crippen molar-refractivity contribution in [2.75, 3.05) is 32.7 Å². The number of aryl methyl sites for hydroxylation is 1. The molecular formula is C23H24ClN5O3. The Morgan fingerprint density at radius 2 is 1.78 bits per heavy atom. The molecule has 1 saturated heterocycles. The van der Waals surface area contributed by atoms with Crippen molar-refractivity contribution in [2.24, 2.45) is 0 Å². The number of nitrogens with one attached hydrogen (secondary N) is 1. The average Bonchev–Trinajstić information content (AvgIpc) is 3.27. The number of aromatic nitrogens is 2. The summed E-state index contributed by atoms with van der Waals surface area (Å²) in [5.74, 6) is 0.642. The number of amides is 2. The van der Waals surface area contributed by atoms with Gasteiger partial charge in [0.15, 0.2) is 0 Å². The normalized spacial score (nSPS) is 14.4. The molecule has 0 radical (unpaired) electrons. The van der Waals surface area contributed by atoms with E-state index in [-0.39, 0.29) is 18.4 Å². The van der Waals surface area contributed by atoms with E-state index in [0.29, 0.717) is 55.0 Å². The fraction of sp³-hybridized carbons (Fsp3) is 0.304. The van der Waals surface area contributed by atoms with E-state index < -0.39 is 0 Å². The summed E-state index contributed by atoms with van der Waals surface area (Å²) in [5, 5.41) is 7.08. The second-order valence-corrected chi connectivity index (χ2v) is 8.10. The lowest BCUT2D eigenvalue weighted by Crippen LogP contribution is -2.50. The molecule has 2 aromatic carbocycles. The van der Waals surface area contributed by atoms with E-state index in [4.69, 9.17) is 16.1 Å². The smallest absolute Gasteiger partial charge is 0.253 e. The Labute approximate surface area is 191 Å². The molecule has 0 saturated carbocycles. The largest absolute Gasteiger partial charge is 0.343 e. The first-order chi connectivity index (χ1) is 15.5. The lowest BCUT2D eigenvalue weighted by atomic mass is 10.1. The van der Waals surface area contributed by atoms with Gasteiger partial charge in [-0.25, -0.2) is 0 Å². The van der Waals surface area contributed by atoms with Crippen LogP contribution in [0.4, 0.5) is 0 Å². The Morgan fingerprint density at radius 3 is 2.50 bits per heavy atom. The van der Waals surface area contributed by atoms with Gasteiger partial charge < -0.3 is 14.7 Å². The third kappa shape index (κ3) is 5.33. The van der Waals surface area contributed by atoms with Gasteiger partial charge in [0.2, 0.25) is 17.6 Å². The van der Waals surface area contributed by atoms with E-state index in [2.05, 4.69) is 20.4 Å². The summed E-state index contributed by atoms with van der Waals surface area (Å²) in [6.45, 7) is 5.01. The van der Waals surface area contributed by atoms with Gasteiger partial charge in [0.25, 0.3) is 5.91 Å². The summed E-state index contributed by atoms with van der Waals surface area (Å²) in [4.78, 5) is 33.1. The zero-order valence-corrected chi connectivity index (χ0v) is 18.5. The SMILES string of the molecule is Cc1ccc(-c2noc(CN3CCN(C(=O)CNC(=O)c4ccccc4Cl)CC3)n2)cc1. The third-order valence-electron chi connectivity index (χ3n) is 5.38. The first-order valence-electron chi connectivity index (χ1n) is 10.4. The second kappa shape index (κ2) is 9.93. The van der Waals surface area contributed by atoms with Crippen molar-refractivity contribution >= 4 is 23.4 Å². The molecule has 32 heavy (non-hydrogen) atoms. The number of carbonyl (C=O) groups excluding carboxylic acids is 2. The highest BCUT2D eigenvalue weighted by Gasteiger charge is 2.23. The molecule has 4 rings (SSSR count). The van der Waals surface area contributed by atoms with Crippen molar-refractivity contribution in [3.63, 3.8) is 0 Å². The van der Waals surface area contributed by atoms with Crippen LogP contribution in [0.25, 0.3) is 11.4 Å². The van der Waals surface area contributed by atoms with Crippen LogP contribution in [0.1, 0.15) is 21.8 Å². The van der Waals surface area contributed by atoms with Crippen LogP contribution in [0.3, 0.4) is 0 Å². The highest BCUT2D eigenvalue weighted by Crippen LogP contribution is 2.17. The van der Waals surface area contributed by atoms with Crippen molar-refractivity contribution < 1.29 is 14.1 Å². The molecule has 0 atom stereocenters.